The Morgan fingerprint density at radius 3 is 2.50 bits per heavy atom. The first-order valence-corrected chi connectivity index (χ1v) is 10.7. The van der Waals surface area contributed by atoms with Gasteiger partial charge in [-0.05, 0) is 30.3 Å². The van der Waals surface area contributed by atoms with E-state index in [-0.39, 0.29) is 23.8 Å². The fraction of sp³-hybridized carbons (Fsp3) is 0.200. The zero-order chi connectivity index (χ0) is 21.9. The highest BCUT2D eigenvalue weighted by molar-refractivity contribution is 7.87. The van der Waals surface area contributed by atoms with E-state index in [1.54, 1.807) is 36.4 Å². The van der Waals surface area contributed by atoms with E-state index >= 15 is 0 Å². The topological polar surface area (TPSA) is 115 Å². The highest BCUT2D eigenvalue weighted by Crippen LogP contribution is 2.34. The first-order valence-electron chi connectivity index (χ1n) is 8.91. The summed E-state index contributed by atoms with van der Waals surface area (Å²) >= 11 is 6.01. The van der Waals surface area contributed by atoms with Gasteiger partial charge in [0.2, 0.25) is 11.8 Å². The number of nitrogens with zero attached hydrogens (tertiary/aromatic N) is 1. The number of rotatable bonds is 7. The van der Waals surface area contributed by atoms with Gasteiger partial charge in [0.05, 0.1) is 5.52 Å². The van der Waals surface area contributed by atoms with E-state index in [0.717, 1.165) is 12.3 Å². The van der Waals surface area contributed by atoms with Gasteiger partial charge in [-0.25, -0.2) is 4.98 Å². The lowest BCUT2D eigenvalue weighted by Gasteiger charge is -2.28. The predicted molar refractivity (Wildman–Crippen MR) is 112 cm³/mol. The third-order valence-corrected chi connectivity index (χ3v) is 5.58. The first kappa shape index (κ1) is 21.8. The summed E-state index contributed by atoms with van der Waals surface area (Å²) in [6, 6.07) is 14.9. The molecule has 0 aliphatic carbocycles. The molecule has 0 radical (unpaired) electrons. The third-order valence-electron chi connectivity index (χ3n) is 4.18. The van der Waals surface area contributed by atoms with Crippen molar-refractivity contribution in [2.75, 3.05) is 0 Å². The summed E-state index contributed by atoms with van der Waals surface area (Å²) in [7, 11) is -4.83. The highest BCUT2D eigenvalue weighted by atomic mass is 35.5. The molecule has 1 aromatic heterocycles. The van der Waals surface area contributed by atoms with Crippen molar-refractivity contribution in [1.82, 2.24) is 10.3 Å². The number of aromatic nitrogens is 1. The number of carbonyl (C=O) groups excluding carboxylic acids is 1. The number of hydrogen-bond acceptors (Lipinski definition) is 6. The van der Waals surface area contributed by atoms with Crippen molar-refractivity contribution in [1.29, 1.82) is 0 Å². The molecule has 0 saturated heterocycles. The Hall–Kier alpha value is -2.88. The van der Waals surface area contributed by atoms with Gasteiger partial charge in [-0.15, -0.1) is 0 Å². The number of benzene rings is 2. The van der Waals surface area contributed by atoms with E-state index in [9.17, 15) is 17.8 Å². The summed E-state index contributed by atoms with van der Waals surface area (Å²) < 4.78 is 44.7. The molecule has 3 rings (SSSR count). The van der Waals surface area contributed by atoms with Crippen molar-refractivity contribution in [2.24, 2.45) is 0 Å². The average Bonchev–Trinajstić information content (AvgIpc) is 2.68. The molecule has 0 saturated carbocycles. The Labute approximate surface area is 178 Å². The number of nitrogens with one attached hydrogen (secondary N) is 1. The van der Waals surface area contributed by atoms with Crippen molar-refractivity contribution in [2.45, 2.75) is 25.3 Å². The Morgan fingerprint density at radius 1 is 1.17 bits per heavy atom. The van der Waals surface area contributed by atoms with Crippen LogP contribution < -0.4 is 14.8 Å². The smallest absolute Gasteiger partial charge is 0.326 e. The van der Waals surface area contributed by atoms with Crippen LogP contribution in [0.3, 0.4) is 0 Å². The maximum atomic E-state index is 11.9. The quantitative estimate of drug-likeness (QED) is 0.410. The Morgan fingerprint density at radius 2 is 1.83 bits per heavy atom. The lowest BCUT2D eigenvalue weighted by atomic mass is 10.2. The molecule has 1 heterocycles. The zero-order valence-electron chi connectivity index (χ0n) is 16.1. The Bertz CT molecular complexity index is 1200. The zero-order valence-corrected chi connectivity index (χ0v) is 17.7. The predicted octanol–water partition coefficient (Wildman–Crippen LogP) is 4.15. The Kier molecular flexibility index (Phi) is 6.16. The fourth-order valence-corrected chi connectivity index (χ4v) is 3.16. The SMILES string of the molecule is CCC(=O)NC(C)(Oc1ccccc1Oc1ccc2ccc(Cl)cc2n1)S(=O)(=O)O. The molecule has 1 unspecified atom stereocenters. The molecule has 3 aromatic rings. The van der Waals surface area contributed by atoms with E-state index in [1.807, 2.05) is 6.07 Å². The summed E-state index contributed by atoms with van der Waals surface area (Å²) in [5, 5.41) is 1.13. The van der Waals surface area contributed by atoms with Crippen LogP contribution >= 0.6 is 11.6 Å². The number of carbonyl (C=O) groups is 1. The average molecular weight is 451 g/mol. The molecule has 10 heteroatoms. The van der Waals surface area contributed by atoms with Crippen molar-refractivity contribution < 1.29 is 27.2 Å². The number of halogens is 1. The maximum Gasteiger partial charge on any atom is 0.326 e. The van der Waals surface area contributed by atoms with Crippen LogP contribution in [-0.4, -0.2) is 28.9 Å². The summed E-state index contributed by atoms with van der Waals surface area (Å²) in [4.78, 5) is 16.2. The number of ether oxygens (including phenoxy) is 2. The van der Waals surface area contributed by atoms with Gasteiger partial charge >= 0.3 is 15.2 Å². The molecule has 8 nitrogen and oxygen atoms in total. The van der Waals surface area contributed by atoms with Crippen molar-refractivity contribution in [3.05, 3.63) is 59.6 Å². The largest absolute Gasteiger partial charge is 0.448 e. The van der Waals surface area contributed by atoms with E-state index in [4.69, 9.17) is 21.1 Å². The second kappa shape index (κ2) is 8.47. The molecule has 0 aliphatic heterocycles. The van der Waals surface area contributed by atoms with Crippen LogP contribution in [-0.2, 0) is 14.9 Å². The molecule has 2 aromatic carbocycles. The number of hydrogen-bond donors (Lipinski definition) is 2. The molecule has 2 N–H and O–H groups in total. The minimum absolute atomic E-state index is 0.00378. The highest BCUT2D eigenvalue weighted by Gasteiger charge is 2.42. The van der Waals surface area contributed by atoms with Crippen LogP contribution in [0.25, 0.3) is 10.9 Å². The van der Waals surface area contributed by atoms with Crippen molar-refractivity contribution in [3.8, 4) is 17.4 Å². The van der Waals surface area contributed by atoms with E-state index in [2.05, 4.69) is 10.3 Å². The van der Waals surface area contributed by atoms with Gasteiger partial charge in [-0.3, -0.25) is 9.35 Å². The molecule has 1 atom stereocenters. The lowest BCUT2D eigenvalue weighted by Crippen LogP contribution is -2.56. The lowest BCUT2D eigenvalue weighted by molar-refractivity contribution is -0.124. The minimum atomic E-state index is -4.83. The summed E-state index contributed by atoms with van der Waals surface area (Å²) in [6.45, 7) is 2.57. The second-order valence-corrected chi connectivity index (χ2v) is 8.63. The van der Waals surface area contributed by atoms with Gasteiger partial charge in [-0.1, -0.05) is 36.7 Å². The standard InChI is InChI=1S/C20H19ClN2O6S/c1-3-18(24)23-20(2,30(25,26)27)29-17-7-5-4-6-16(17)28-19-11-9-13-8-10-14(21)12-15(13)22-19/h4-12H,3H2,1-2H3,(H,23,24)(H,25,26,27). The molecular formula is C20H19ClN2O6S. The summed E-state index contributed by atoms with van der Waals surface area (Å²) in [5.74, 6) is -0.303. The van der Waals surface area contributed by atoms with Crippen LogP contribution in [0.2, 0.25) is 5.02 Å². The van der Waals surface area contributed by atoms with Crippen molar-refractivity contribution >= 4 is 38.5 Å². The number of para-hydroxylation sites is 2. The van der Waals surface area contributed by atoms with Crippen LogP contribution in [0, 0.1) is 0 Å². The molecule has 30 heavy (non-hydrogen) atoms. The van der Waals surface area contributed by atoms with Gasteiger partial charge in [0, 0.05) is 29.8 Å². The van der Waals surface area contributed by atoms with E-state index in [0.29, 0.717) is 10.5 Å². The normalized spacial score (nSPS) is 13.5. The molecule has 1 amide bonds. The van der Waals surface area contributed by atoms with Gasteiger partial charge in [0.1, 0.15) is 0 Å². The van der Waals surface area contributed by atoms with Crippen LogP contribution in [0.4, 0.5) is 0 Å². The summed E-state index contributed by atoms with van der Waals surface area (Å²) in [5.41, 5.74) is 0.608. The van der Waals surface area contributed by atoms with Crippen LogP contribution in [0.5, 0.6) is 17.4 Å². The monoisotopic (exact) mass is 450 g/mol. The van der Waals surface area contributed by atoms with Crippen LogP contribution in [0.15, 0.2) is 54.6 Å². The second-order valence-electron chi connectivity index (χ2n) is 6.46. The molecular weight excluding hydrogens is 432 g/mol. The molecule has 158 valence electrons. The fourth-order valence-electron chi connectivity index (χ4n) is 2.55. The van der Waals surface area contributed by atoms with Gasteiger partial charge in [-0.2, -0.15) is 8.42 Å². The third kappa shape index (κ3) is 4.81. The van der Waals surface area contributed by atoms with E-state index in [1.165, 1.54) is 19.1 Å². The Balaban J connectivity index is 1.95. The van der Waals surface area contributed by atoms with Crippen molar-refractivity contribution in [3.63, 3.8) is 0 Å². The van der Waals surface area contributed by atoms with Gasteiger partial charge in [0.15, 0.2) is 11.5 Å². The molecule has 0 fully saturated rings. The molecule has 0 aliphatic rings. The number of pyridine rings is 1. The van der Waals surface area contributed by atoms with E-state index < -0.39 is 21.1 Å². The molecule has 0 spiro atoms. The maximum absolute atomic E-state index is 11.9. The first-order chi connectivity index (χ1) is 14.1. The minimum Gasteiger partial charge on any atom is -0.448 e. The number of fused-ring (bicyclic) bond motifs is 1. The number of amides is 1. The van der Waals surface area contributed by atoms with Crippen LogP contribution in [0.1, 0.15) is 20.3 Å². The summed E-state index contributed by atoms with van der Waals surface area (Å²) in [6.07, 6.45) is -0.00378. The van der Waals surface area contributed by atoms with Gasteiger partial charge in [0.25, 0.3) is 0 Å². The molecule has 0 bridgehead atoms. The van der Waals surface area contributed by atoms with Gasteiger partial charge < -0.3 is 14.8 Å².